The molecule has 2 aliphatic rings. The van der Waals surface area contributed by atoms with Gasteiger partial charge in [-0.25, -0.2) is 0 Å². The number of rotatable bonds is 4. The molecule has 4 nitrogen and oxygen atoms in total. The largest absolute Gasteiger partial charge is 0.396 e. The summed E-state index contributed by atoms with van der Waals surface area (Å²) in [7, 11) is 0. The van der Waals surface area contributed by atoms with Gasteiger partial charge in [0, 0.05) is 34.3 Å². The molecule has 2 aromatic rings. The van der Waals surface area contributed by atoms with E-state index in [1.807, 2.05) is 18.2 Å². The monoisotopic (exact) mass is 370 g/mol. The molecule has 136 valence electrons. The average molecular weight is 371 g/mol. The maximum absolute atomic E-state index is 12.5. The first-order valence-corrected chi connectivity index (χ1v) is 9.71. The lowest BCUT2D eigenvalue weighted by molar-refractivity contribution is -0.110. The van der Waals surface area contributed by atoms with Crippen molar-refractivity contribution >= 4 is 34.8 Å². The molecule has 0 saturated carbocycles. The number of hydrogen-bond donors (Lipinski definition) is 3. The molecule has 0 bridgehead atoms. The maximum Gasteiger partial charge on any atom is 0.256 e. The molecule has 0 spiro atoms. The van der Waals surface area contributed by atoms with Gasteiger partial charge in [0.1, 0.15) is 0 Å². The molecule has 1 aliphatic carbocycles. The lowest BCUT2D eigenvalue weighted by Crippen LogP contribution is -2.04. The molecule has 3 N–H and O–H groups in total. The van der Waals surface area contributed by atoms with Gasteiger partial charge >= 0.3 is 0 Å². The molecule has 0 saturated heterocycles. The van der Waals surface area contributed by atoms with Gasteiger partial charge in [0.15, 0.2) is 0 Å². The molecule has 1 aliphatic heterocycles. The fraction of sp³-hybridized carbons (Fsp3) is 0.381. The summed E-state index contributed by atoms with van der Waals surface area (Å²) in [5, 5.41) is 12.8. The molecule has 1 amide bonds. The fourth-order valence-electron chi connectivity index (χ4n) is 4.07. The number of H-pyrrole nitrogens is 1. The summed E-state index contributed by atoms with van der Waals surface area (Å²) in [6.07, 6.45) is 9.30. The smallest absolute Gasteiger partial charge is 0.256 e. The number of aromatic amines is 1. The molecule has 0 radical (unpaired) electrons. The summed E-state index contributed by atoms with van der Waals surface area (Å²) in [6.45, 7) is 0.175. The van der Waals surface area contributed by atoms with Crippen LogP contribution in [0.1, 0.15) is 53.8 Å². The van der Waals surface area contributed by atoms with Crippen molar-refractivity contribution in [1.82, 2.24) is 4.98 Å². The van der Waals surface area contributed by atoms with Crippen molar-refractivity contribution in [2.24, 2.45) is 0 Å². The molecule has 1 aromatic carbocycles. The van der Waals surface area contributed by atoms with Gasteiger partial charge in [0.2, 0.25) is 0 Å². The van der Waals surface area contributed by atoms with Crippen LogP contribution >= 0.6 is 11.6 Å². The molecule has 4 rings (SSSR count). The van der Waals surface area contributed by atoms with Gasteiger partial charge in [-0.3, -0.25) is 4.79 Å². The lowest BCUT2D eigenvalue weighted by atomic mass is 9.98. The number of amides is 1. The first kappa shape index (κ1) is 17.4. The van der Waals surface area contributed by atoms with Crippen LogP contribution in [0.5, 0.6) is 0 Å². The summed E-state index contributed by atoms with van der Waals surface area (Å²) in [5.41, 5.74) is 7.25. The molecule has 0 unspecified atom stereocenters. The highest BCUT2D eigenvalue weighted by Gasteiger charge is 2.26. The number of aryl methyl sites for hydroxylation is 1. The van der Waals surface area contributed by atoms with E-state index in [1.165, 1.54) is 36.1 Å². The van der Waals surface area contributed by atoms with Crippen LogP contribution < -0.4 is 5.32 Å². The predicted molar refractivity (Wildman–Crippen MR) is 105 cm³/mol. The predicted octanol–water partition coefficient (Wildman–Crippen LogP) is 4.35. The second kappa shape index (κ2) is 7.29. The summed E-state index contributed by atoms with van der Waals surface area (Å²) >= 11 is 6.14. The Hall–Kier alpha value is -2.04. The second-order valence-corrected chi connectivity index (χ2v) is 7.50. The highest BCUT2D eigenvalue weighted by molar-refractivity contribution is 6.36. The Bertz CT molecular complexity index is 882. The SMILES string of the molecule is O=C1Nc2ccc(Cl)cc2C1=Cc1[nH]c2c(c1CCCO)CCCCC2. The van der Waals surface area contributed by atoms with Gasteiger partial charge in [0.05, 0.1) is 5.57 Å². The number of benzene rings is 1. The van der Waals surface area contributed by atoms with Gasteiger partial charge in [-0.05, 0) is 73.9 Å². The maximum atomic E-state index is 12.5. The van der Waals surface area contributed by atoms with Crippen LogP contribution in [0.25, 0.3) is 11.6 Å². The molecule has 2 heterocycles. The number of anilines is 1. The molecular weight excluding hydrogens is 348 g/mol. The molecule has 5 heteroatoms. The van der Waals surface area contributed by atoms with Crippen LogP contribution in [-0.2, 0) is 24.1 Å². The number of hydrogen-bond acceptors (Lipinski definition) is 2. The van der Waals surface area contributed by atoms with E-state index >= 15 is 0 Å². The molecular formula is C21H23ClN2O2. The number of aromatic nitrogens is 1. The quantitative estimate of drug-likeness (QED) is 0.553. The number of halogens is 1. The molecule has 0 fully saturated rings. The zero-order valence-corrected chi connectivity index (χ0v) is 15.5. The van der Waals surface area contributed by atoms with Crippen LogP contribution in [-0.4, -0.2) is 22.6 Å². The third kappa shape index (κ3) is 3.19. The first-order valence-electron chi connectivity index (χ1n) is 9.34. The summed E-state index contributed by atoms with van der Waals surface area (Å²) < 4.78 is 0. The van der Waals surface area contributed by atoms with Crippen molar-refractivity contribution in [3.63, 3.8) is 0 Å². The number of aliphatic hydroxyl groups is 1. The molecule has 26 heavy (non-hydrogen) atoms. The number of nitrogens with one attached hydrogen (secondary N) is 2. The van der Waals surface area contributed by atoms with Crippen LogP contribution in [0.15, 0.2) is 18.2 Å². The normalized spacial score (nSPS) is 17.8. The van der Waals surface area contributed by atoms with Crippen molar-refractivity contribution in [3.8, 4) is 0 Å². The van der Waals surface area contributed by atoms with Crippen molar-refractivity contribution in [2.75, 3.05) is 11.9 Å². The average Bonchev–Trinajstić information content (AvgIpc) is 2.99. The molecule has 0 atom stereocenters. The van der Waals surface area contributed by atoms with E-state index < -0.39 is 0 Å². The second-order valence-electron chi connectivity index (χ2n) is 7.06. The van der Waals surface area contributed by atoms with E-state index in [9.17, 15) is 9.90 Å². The van der Waals surface area contributed by atoms with E-state index in [0.29, 0.717) is 10.6 Å². The highest BCUT2D eigenvalue weighted by Crippen LogP contribution is 2.36. The van der Waals surface area contributed by atoms with Gasteiger partial charge in [-0.1, -0.05) is 18.0 Å². The van der Waals surface area contributed by atoms with Gasteiger partial charge in [-0.15, -0.1) is 0 Å². The van der Waals surface area contributed by atoms with Gasteiger partial charge in [0.25, 0.3) is 5.91 Å². The lowest BCUT2D eigenvalue weighted by Gasteiger charge is -2.05. The summed E-state index contributed by atoms with van der Waals surface area (Å²) in [4.78, 5) is 16.1. The van der Waals surface area contributed by atoms with E-state index in [0.717, 1.165) is 42.6 Å². The number of fused-ring (bicyclic) bond motifs is 2. The Morgan fingerprint density at radius 1 is 1.19 bits per heavy atom. The zero-order valence-electron chi connectivity index (χ0n) is 14.7. The summed E-state index contributed by atoms with van der Waals surface area (Å²) in [6, 6.07) is 5.46. The Balaban J connectivity index is 1.80. The Labute approximate surface area is 158 Å². The van der Waals surface area contributed by atoms with E-state index in [1.54, 1.807) is 6.07 Å². The van der Waals surface area contributed by atoms with Gasteiger partial charge < -0.3 is 15.4 Å². The van der Waals surface area contributed by atoms with E-state index in [-0.39, 0.29) is 12.5 Å². The van der Waals surface area contributed by atoms with Crippen molar-refractivity contribution in [1.29, 1.82) is 0 Å². The topological polar surface area (TPSA) is 65.1 Å². The van der Waals surface area contributed by atoms with Crippen LogP contribution in [0, 0.1) is 0 Å². The standard InChI is InChI=1S/C21H23ClN2O2/c22-13-8-9-19-16(11-13)17(21(26)24-19)12-20-15(6-4-10-25)14-5-2-1-3-7-18(14)23-20/h8-9,11-12,23,25H,1-7,10H2,(H,24,26). The van der Waals surface area contributed by atoms with Crippen molar-refractivity contribution in [2.45, 2.75) is 44.9 Å². The zero-order chi connectivity index (χ0) is 18.1. The van der Waals surface area contributed by atoms with Gasteiger partial charge in [-0.2, -0.15) is 0 Å². The van der Waals surface area contributed by atoms with Crippen LogP contribution in [0.2, 0.25) is 5.02 Å². The van der Waals surface area contributed by atoms with Crippen LogP contribution in [0.3, 0.4) is 0 Å². The number of aliphatic hydroxyl groups excluding tert-OH is 1. The Kier molecular flexibility index (Phi) is 4.88. The number of carbonyl (C=O) groups excluding carboxylic acids is 1. The third-order valence-corrected chi connectivity index (χ3v) is 5.57. The van der Waals surface area contributed by atoms with E-state index in [2.05, 4.69) is 10.3 Å². The van der Waals surface area contributed by atoms with Crippen molar-refractivity contribution in [3.05, 3.63) is 51.3 Å². The fourth-order valence-corrected chi connectivity index (χ4v) is 4.24. The minimum atomic E-state index is -0.0971. The van der Waals surface area contributed by atoms with Crippen LogP contribution in [0.4, 0.5) is 5.69 Å². The third-order valence-electron chi connectivity index (χ3n) is 5.33. The van der Waals surface area contributed by atoms with Crippen molar-refractivity contribution < 1.29 is 9.90 Å². The highest BCUT2D eigenvalue weighted by atomic mass is 35.5. The minimum absolute atomic E-state index is 0.0971. The molecule has 1 aromatic heterocycles. The number of carbonyl (C=O) groups is 1. The Morgan fingerprint density at radius 2 is 2.04 bits per heavy atom. The first-order chi connectivity index (χ1) is 12.7. The minimum Gasteiger partial charge on any atom is -0.396 e. The summed E-state index contributed by atoms with van der Waals surface area (Å²) in [5.74, 6) is -0.0971. The van der Waals surface area contributed by atoms with E-state index in [4.69, 9.17) is 11.6 Å². The Morgan fingerprint density at radius 3 is 2.88 bits per heavy atom.